The molecule has 0 N–H and O–H groups in total. The fraction of sp³-hybridized carbons (Fsp3) is 0.214. The zero-order chi connectivity index (χ0) is 85.0. The summed E-state index contributed by atoms with van der Waals surface area (Å²) < 4.78 is 15.1. The molecule has 17 rings (SSSR count). The summed E-state index contributed by atoms with van der Waals surface area (Å²) in [4.78, 5) is 9.30. The van der Waals surface area contributed by atoms with Crippen LogP contribution in [0.1, 0.15) is 126 Å². The molecular formula is C103H96Cl12N8O. The van der Waals surface area contributed by atoms with Gasteiger partial charge in [-0.25, -0.2) is 9.13 Å². The summed E-state index contributed by atoms with van der Waals surface area (Å²) in [5.74, 6) is 5.25. The van der Waals surface area contributed by atoms with Crippen LogP contribution >= 0.6 is 104 Å². The number of likely N-dealkylation sites (N-methyl/N-ethyl adjacent to an activating group) is 1. The van der Waals surface area contributed by atoms with Crippen molar-refractivity contribution in [1.82, 2.24) is 4.57 Å². The Labute approximate surface area is 792 Å². The van der Waals surface area contributed by atoms with Gasteiger partial charge in [0.25, 0.3) is 11.3 Å². The summed E-state index contributed by atoms with van der Waals surface area (Å²) in [6.45, 7) is 17.3. The van der Waals surface area contributed by atoms with Crippen molar-refractivity contribution in [3.63, 3.8) is 0 Å². The summed E-state index contributed by atoms with van der Waals surface area (Å²) in [7, 11) is 6.32. The van der Waals surface area contributed by atoms with Crippen LogP contribution in [-0.4, -0.2) is 28.9 Å². The van der Waals surface area contributed by atoms with Gasteiger partial charge in [0, 0.05) is 132 Å². The average molecular weight is 1890 g/mol. The van der Waals surface area contributed by atoms with Gasteiger partial charge < -0.3 is 61.2 Å². The van der Waals surface area contributed by atoms with Crippen LogP contribution in [0.2, 0.25) is 20.1 Å². The Balaban J connectivity index is 0.000000169. The minimum Gasteiger partial charge on any atom is -1.00 e. The molecule has 6 heterocycles. The molecule has 0 fully saturated rings. The molecule has 0 spiro atoms. The van der Waals surface area contributed by atoms with Crippen LogP contribution in [0.5, 0.6) is 0 Å². The Morgan fingerprint density at radius 3 is 1.28 bits per heavy atom. The minimum absolute atomic E-state index is 0. The standard InChI is InChI=1S/C37H34Cl4N3.C34H28Cl4N3O.C32H34ClN2.3ClH/c1-37(2)29-7-4-5-8-32(29)42(3)35(37)9-6-10-36-43(23-27-15-11-25(21-38)12-16-27)33-19-30(40)31(41)20-34(33)44(36)24-28-17-13-26(22-39)14-18-28;1-39-29-5-2-3-6-32(29)42-34(39)8-4-7-33-40(21-25-13-9-23(19-35)10-14-25)30-17-27(37)28(38)18-31(30)41(33)22-26-15-11-24(20-36)12-16-26;1-31(2)25-11-6-8-13-27(25)34(5)29(31)15-10-16-30-32(3,4)26-12-7-9-14-28(26)35(30)22-24-19-17-23(21-33)18-20-24;;;/h4-20H,21-24H2,1-3H3;2-18H,19-22H2,1H3;6-20H,21-22H2,1-5H3;3*1H/q3*+1;;;/p-3. The Morgan fingerprint density at radius 2 is 0.774 bits per heavy atom. The zero-order valence-electron chi connectivity index (χ0n) is 70.4. The van der Waals surface area contributed by atoms with E-state index in [0.717, 1.165) is 96.5 Å². The number of fused-ring (bicyclic) bond motifs is 6. The van der Waals surface area contributed by atoms with E-state index in [1.54, 1.807) is 0 Å². The molecule has 2 aromatic heterocycles. The third-order valence-corrected chi connectivity index (χ3v) is 26.8. The van der Waals surface area contributed by atoms with Gasteiger partial charge in [0.15, 0.2) is 16.7 Å². The molecule has 21 heteroatoms. The van der Waals surface area contributed by atoms with Gasteiger partial charge in [-0.1, -0.05) is 274 Å². The number of aryl methyl sites for hydroxylation is 1. The maximum absolute atomic E-state index is 6.62. The largest absolute Gasteiger partial charge is 1.00 e. The van der Waals surface area contributed by atoms with Crippen LogP contribution in [0.3, 0.4) is 0 Å². The summed E-state index contributed by atoms with van der Waals surface area (Å²) in [5, 5.41) is 2.07. The first-order chi connectivity index (χ1) is 58.4. The van der Waals surface area contributed by atoms with Crippen molar-refractivity contribution in [3.8, 4) is 0 Å². The molecule has 0 unspecified atom stereocenters. The van der Waals surface area contributed by atoms with Crippen molar-refractivity contribution >= 4 is 173 Å². The molecule has 124 heavy (non-hydrogen) atoms. The van der Waals surface area contributed by atoms with Crippen molar-refractivity contribution < 1.29 is 55.3 Å². The number of rotatable bonds is 21. The number of aromatic nitrogens is 3. The topological polar surface area (TPSA) is 41.8 Å². The molecule has 0 amide bonds. The fourth-order valence-electron chi connectivity index (χ4n) is 17.2. The highest BCUT2D eigenvalue weighted by atomic mass is 35.5. The van der Waals surface area contributed by atoms with Crippen LogP contribution in [0.15, 0.2) is 307 Å². The van der Waals surface area contributed by atoms with Gasteiger partial charge in [0.2, 0.25) is 11.3 Å². The molecule has 0 radical (unpaired) electrons. The van der Waals surface area contributed by atoms with Crippen molar-refractivity contribution in [3.05, 3.63) is 407 Å². The predicted octanol–water partition coefficient (Wildman–Crippen LogP) is 18.6. The van der Waals surface area contributed by atoms with Crippen LogP contribution < -0.4 is 66.0 Å². The van der Waals surface area contributed by atoms with E-state index in [0.29, 0.717) is 75.7 Å². The number of anilines is 4. The third kappa shape index (κ3) is 19.6. The molecular weight excluding hydrogens is 1790 g/mol. The molecule has 9 nitrogen and oxygen atoms in total. The van der Waals surface area contributed by atoms with Crippen LogP contribution in [-0.2, 0) is 85.4 Å². The number of hydrogen-bond acceptors (Lipinski definition) is 5. The quantitative estimate of drug-likeness (QED) is 0.0530. The lowest BCUT2D eigenvalue weighted by Gasteiger charge is -2.27. The second-order valence-corrected chi connectivity index (χ2v) is 35.6. The molecule has 0 atom stereocenters. The van der Waals surface area contributed by atoms with Crippen molar-refractivity contribution in [2.24, 2.45) is 7.05 Å². The Kier molecular flexibility index (Phi) is 31.1. The molecule has 13 aromatic rings. The molecule has 4 aliphatic rings. The van der Waals surface area contributed by atoms with Gasteiger partial charge in [-0.3, -0.25) is 0 Å². The van der Waals surface area contributed by atoms with Crippen molar-refractivity contribution in [1.29, 1.82) is 0 Å². The van der Waals surface area contributed by atoms with Gasteiger partial charge in [0.05, 0.1) is 43.0 Å². The van der Waals surface area contributed by atoms with E-state index < -0.39 is 0 Å². The third-order valence-electron chi connectivity index (χ3n) is 23.8. The SMILES string of the molecule is CN1C(=CC=Cc2n(Cc3ccc(CCl)cc3)c3cc(Cl)c(Cl)cc3[n+]2Cc2ccc(CCl)cc2)C(C)(C)c2ccccc21.C[N+]1=C(C=CC=C2N(Cc3ccc(CCl)cc3)c3ccccc3C2(C)C)C(C)(C)c2ccccc21.C[n+]1c(C=CC=C2N(Cc3ccc(CCl)cc3)c3cc(Cl)c(Cl)cc3N2Cc2ccc(CCl)cc2)oc2ccccc21.[Cl-].[Cl-].[Cl-]. The number of benzene rings is 11. The number of nitrogens with zero attached hydrogens (tertiary/aromatic N) is 8. The van der Waals surface area contributed by atoms with E-state index in [1.807, 2.05) is 72.3 Å². The van der Waals surface area contributed by atoms with Gasteiger partial charge >= 0.3 is 5.89 Å². The number of alkyl halides is 5. The Morgan fingerprint density at radius 1 is 0.371 bits per heavy atom. The molecule has 0 bridgehead atoms. The second kappa shape index (κ2) is 40.8. The van der Waals surface area contributed by atoms with E-state index in [-0.39, 0.29) is 53.5 Å². The number of oxazole rings is 1. The minimum atomic E-state index is -0.117. The molecule has 638 valence electrons. The van der Waals surface area contributed by atoms with Crippen LogP contribution in [0.4, 0.5) is 28.4 Å². The lowest BCUT2D eigenvalue weighted by atomic mass is 9.81. The number of hydrogen-bond donors (Lipinski definition) is 0. The van der Waals surface area contributed by atoms with Gasteiger partial charge in [-0.15, -0.1) is 58.0 Å². The maximum Gasteiger partial charge on any atom is 0.373 e. The van der Waals surface area contributed by atoms with E-state index in [9.17, 15) is 0 Å². The predicted molar refractivity (Wildman–Crippen MR) is 512 cm³/mol. The molecule has 11 aromatic carbocycles. The van der Waals surface area contributed by atoms with Crippen molar-refractivity contribution in [2.75, 3.05) is 33.7 Å². The summed E-state index contributed by atoms with van der Waals surface area (Å²) in [6.07, 6.45) is 19.6. The van der Waals surface area contributed by atoms with E-state index in [2.05, 4.69) is 326 Å². The summed E-state index contributed by atoms with van der Waals surface area (Å²) in [5.41, 5.74) is 28.8. The highest BCUT2D eigenvalue weighted by Gasteiger charge is 2.44. The summed E-state index contributed by atoms with van der Waals surface area (Å²) in [6, 6.07) is 84.2. The van der Waals surface area contributed by atoms with E-state index in [1.165, 1.54) is 67.5 Å². The van der Waals surface area contributed by atoms with Crippen LogP contribution in [0, 0.1) is 0 Å². The number of para-hydroxylation sites is 5. The fourth-order valence-corrected chi connectivity index (χ4v) is 18.7. The smallest absolute Gasteiger partial charge is 0.373 e. The normalized spacial score (nSPS) is 15.2. The monoisotopic (exact) mass is 1880 g/mol. The first-order valence-corrected chi connectivity index (χ1v) is 44.7. The summed E-state index contributed by atoms with van der Waals surface area (Å²) >= 11 is 56.7. The van der Waals surface area contributed by atoms with E-state index >= 15 is 0 Å². The lowest BCUT2D eigenvalue weighted by Crippen LogP contribution is -3.00. The van der Waals surface area contributed by atoms with Gasteiger partial charge in [-0.05, 0) is 135 Å². The molecule has 0 saturated carbocycles. The average Bonchev–Trinajstić information content (AvgIpc) is 1.61. The van der Waals surface area contributed by atoms with E-state index in [4.69, 9.17) is 109 Å². The van der Waals surface area contributed by atoms with Gasteiger partial charge in [0.1, 0.15) is 33.0 Å². The molecule has 4 aliphatic heterocycles. The number of allylic oxidation sites excluding steroid dienone is 9. The lowest BCUT2D eigenvalue weighted by molar-refractivity contribution is -0.665. The van der Waals surface area contributed by atoms with Crippen LogP contribution in [0.25, 0.3) is 34.3 Å². The number of halogens is 12. The molecule has 0 saturated heterocycles. The zero-order valence-corrected chi connectivity index (χ0v) is 79.5. The second-order valence-electron chi connectivity index (χ2n) is 32.7. The highest BCUT2D eigenvalue weighted by molar-refractivity contribution is 6.43. The first-order valence-electron chi connectivity index (χ1n) is 40.5. The maximum atomic E-state index is 6.62. The van der Waals surface area contributed by atoms with Gasteiger partial charge in [-0.2, -0.15) is 9.14 Å². The Hall–Kier alpha value is -8.85. The first kappa shape index (κ1) is 94.3. The Bertz CT molecular complexity index is 6060. The number of imidazole rings is 1. The molecule has 0 aliphatic carbocycles. The van der Waals surface area contributed by atoms with Crippen molar-refractivity contribution in [2.45, 2.75) is 120 Å². The highest BCUT2D eigenvalue weighted by Crippen LogP contribution is 2.51.